The molecule has 0 saturated heterocycles. The first-order valence-electron chi connectivity index (χ1n) is 7.12. The lowest BCUT2D eigenvalue weighted by atomic mass is 10.2. The van der Waals surface area contributed by atoms with E-state index in [9.17, 15) is 13.2 Å². The number of hydrogen-bond acceptors (Lipinski definition) is 3. The van der Waals surface area contributed by atoms with Crippen molar-refractivity contribution in [1.29, 1.82) is 0 Å². The van der Waals surface area contributed by atoms with E-state index in [0.717, 1.165) is 9.87 Å². The highest BCUT2D eigenvalue weighted by molar-refractivity contribution is 7.89. The molecule has 9 heteroatoms. The third kappa shape index (κ3) is 5.33. The minimum atomic E-state index is -3.94. The molecule has 1 N–H and O–H groups in total. The molecule has 0 aromatic heterocycles. The molecule has 0 heterocycles. The van der Waals surface area contributed by atoms with E-state index in [2.05, 4.69) is 5.32 Å². The highest BCUT2D eigenvalue weighted by Crippen LogP contribution is 2.27. The van der Waals surface area contributed by atoms with Crippen molar-refractivity contribution in [2.24, 2.45) is 0 Å². The minimum absolute atomic E-state index is 0.0397. The van der Waals surface area contributed by atoms with Gasteiger partial charge in [0.05, 0.1) is 11.6 Å². The van der Waals surface area contributed by atoms with E-state index in [1.807, 2.05) is 0 Å². The average molecular weight is 422 g/mol. The van der Waals surface area contributed by atoms with Crippen LogP contribution in [-0.4, -0.2) is 32.2 Å². The molecule has 0 aliphatic rings. The van der Waals surface area contributed by atoms with E-state index in [-0.39, 0.29) is 28.0 Å². The van der Waals surface area contributed by atoms with Crippen LogP contribution in [-0.2, 0) is 21.4 Å². The van der Waals surface area contributed by atoms with Gasteiger partial charge in [-0.15, -0.1) is 0 Å². The Labute approximate surface area is 161 Å². The fourth-order valence-corrected chi connectivity index (χ4v) is 3.97. The van der Waals surface area contributed by atoms with Gasteiger partial charge in [0, 0.05) is 23.6 Å². The summed E-state index contributed by atoms with van der Waals surface area (Å²) in [5, 5.41) is 3.53. The van der Waals surface area contributed by atoms with Gasteiger partial charge in [0.25, 0.3) is 0 Å². The lowest BCUT2D eigenvalue weighted by Gasteiger charge is -2.18. The van der Waals surface area contributed by atoms with Gasteiger partial charge in [-0.05, 0) is 35.9 Å². The molecule has 0 unspecified atom stereocenters. The summed E-state index contributed by atoms with van der Waals surface area (Å²) in [6, 6.07) is 11.1. The van der Waals surface area contributed by atoms with Gasteiger partial charge >= 0.3 is 0 Å². The summed E-state index contributed by atoms with van der Waals surface area (Å²) in [5.41, 5.74) is 0.848. The zero-order chi connectivity index (χ0) is 18.6. The van der Waals surface area contributed by atoms with E-state index in [1.54, 1.807) is 24.3 Å². The molecule has 0 saturated carbocycles. The molecule has 2 aromatic carbocycles. The zero-order valence-electron chi connectivity index (χ0n) is 13.2. The summed E-state index contributed by atoms with van der Waals surface area (Å²) in [4.78, 5) is 11.9. The van der Waals surface area contributed by atoms with Gasteiger partial charge < -0.3 is 5.32 Å². The van der Waals surface area contributed by atoms with Crippen LogP contribution in [0.5, 0.6) is 0 Å². The van der Waals surface area contributed by atoms with Crippen molar-refractivity contribution in [3.8, 4) is 0 Å². The number of carbonyl (C=O) groups excluding carboxylic acids is 1. The Balaban J connectivity index is 2.02. The van der Waals surface area contributed by atoms with Gasteiger partial charge in [-0.3, -0.25) is 4.79 Å². The van der Waals surface area contributed by atoms with Gasteiger partial charge in [-0.25, -0.2) is 8.42 Å². The Morgan fingerprint density at radius 1 is 1.04 bits per heavy atom. The molecule has 0 bridgehead atoms. The number of likely N-dealkylation sites (N-methyl/N-ethyl adjacent to an activating group) is 1. The summed E-state index contributed by atoms with van der Waals surface area (Å²) in [7, 11) is -2.64. The summed E-state index contributed by atoms with van der Waals surface area (Å²) in [6.45, 7) is -0.0828. The van der Waals surface area contributed by atoms with Crippen LogP contribution in [0, 0.1) is 0 Å². The Morgan fingerprint density at radius 2 is 1.64 bits per heavy atom. The van der Waals surface area contributed by atoms with Crippen molar-refractivity contribution >= 4 is 50.7 Å². The van der Waals surface area contributed by atoms with E-state index >= 15 is 0 Å². The molecule has 0 atom stereocenters. The average Bonchev–Trinajstić information content (AvgIpc) is 2.56. The van der Waals surface area contributed by atoms with Gasteiger partial charge in [-0.1, -0.05) is 46.9 Å². The molecule has 1 amide bonds. The maximum absolute atomic E-state index is 12.5. The van der Waals surface area contributed by atoms with E-state index in [0.29, 0.717) is 5.02 Å². The smallest absolute Gasteiger partial charge is 0.244 e. The Kier molecular flexibility index (Phi) is 6.71. The molecule has 0 aliphatic carbocycles. The van der Waals surface area contributed by atoms with Crippen LogP contribution in [0.25, 0.3) is 0 Å². The first-order chi connectivity index (χ1) is 11.7. The van der Waals surface area contributed by atoms with Crippen LogP contribution < -0.4 is 5.32 Å². The van der Waals surface area contributed by atoms with Gasteiger partial charge in [0.1, 0.15) is 4.90 Å². The predicted molar refractivity (Wildman–Crippen MR) is 99.6 cm³/mol. The van der Waals surface area contributed by atoms with Crippen LogP contribution in [0.4, 0.5) is 0 Å². The molecular formula is C16H15Cl3N2O3S. The molecule has 134 valence electrons. The Bertz CT molecular complexity index is 871. The van der Waals surface area contributed by atoms with Crippen molar-refractivity contribution in [3.63, 3.8) is 0 Å². The normalized spacial score (nSPS) is 11.6. The van der Waals surface area contributed by atoms with E-state index in [4.69, 9.17) is 34.8 Å². The van der Waals surface area contributed by atoms with Crippen LogP contribution in [0.2, 0.25) is 15.1 Å². The van der Waals surface area contributed by atoms with Crippen LogP contribution in [0.3, 0.4) is 0 Å². The van der Waals surface area contributed by atoms with E-state index in [1.165, 1.54) is 25.2 Å². The molecule has 2 aromatic rings. The Hall–Kier alpha value is -1.31. The summed E-state index contributed by atoms with van der Waals surface area (Å²) < 4.78 is 26.0. The fraction of sp³-hybridized carbons (Fsp3) is 0.188. The first kappa shape index (κ1) is 20.0. The monoisotopic (exact) mass is 420 g/mol. The summed E-state index contributed by atoms with van der Waals surface area (Å²) in [5.74, 6) is -0.445. The van der Waals surface area contributed by atoms with Crippen molar-refractivity contribution in [3.05, 3.63) is 63.1 Å². The van der Waals surface area contributed by atoms with Crippen molar-refractivity contribution < 1.29 is 13.2 Å². The highest BCUT2D eigenvalue weighted by atomic mass is 35.5. The number of hydrogen-bond donors (Lipinski definition) is 1. The topological polar surface area (TPSA) is 66.5 Å². The number of amides is 1. The molecule has 0 spiro atoms. The number of carbonyl (C=O) groups is 1. The molecule has 5 nitrogen and oxygen atoms in total. The highest BCUT2D eigenvalue weighted by Gasteiger charge is 2.25. The number of halogens is 3. The minimum Gasteiger partial charge on any atom is -0.351 e. The van der Waals surface area contributed by atoms with Crippen LogP contribution in [0.15, 0.2) is 47.4 Å². The van der Waals surface area contributed by atoms with Crippen molar-refractivity contribution in [2.75, 3.05) is 13.6 Å². The number of rotatable bonds is 6. The molecule has 0 fully saturated rings. The lowest BCUT2D eigenvalue weighted by Crippen LogP contribution is -2.38. The van der Waals surface area contributed by atoms with E-state index < -0.39 is 15.9 Å². The predicted octanol–water partition coefficient (Wildman–Crippen LogP) is 3.58. The number of nitrogens with zero attached hydrogens (tertiary/aromatic N) is 1. The largest absolute Gasteiger partial charge is 0.351 e. The third-order valence-electron chi connectivity index (χ3n) is 3.35. The maximum Gasteiger partial charge on any atom is 0.244 e. The number of benzene rings is 2. The second-order valence-corrected chi connectivity index (χ2v) is 8.53. The van der Waals surface area contributed by atoms with Crippen molar-refractivity contribution in [2.45, 2.75) is 11.4 Å². The Morgan fingerprint density at radius 3 is 2.28 bits per heavy atom. The standard InChI is InChI=1S/C16H15Cl3N2O3S/c1-21(25(23,24)15-8-13(18)6-7-14(15)19)10-16(22)20-9-11-2-4-12(17)5-3-11/h2-8H,9-10H2,1H3,(H,20,22). The van der Waals surface area contributed by atoms with Gasteiger partial charge in [-0.2, -0.15) is 4.31 Å². The summed E-state index contributed by atoms with van der Waals surface area (Å²) >= 11 is 17.6. The summed E-state index contributed by atoms with van der Waals surface area (Å²) in [6.07, 6.45) is 0. The second kappa shape index (κ2) is 8.38. The van der Waals surface area contributed by atoms with Gasteiger partial charge in [0.2, 0.25) is 15.9 Å². The molecule has 0 radical (unpaired) electrons. The maximum atomic E-state index is 12.5. The van der Waals surface area contributed by atoms with Crippen LogP contribution >= 0.6 is 34.8 Å². The SMILES string of the molecule is CN(CC(=O)NCc1ccc(Cl)cc1)S(=O)(=O)c1cc(Cl)ccc1Cl. The fourth-order valence-electron chi connectivity index (χ4n) is 1.99. The second-order valence-electron chi connectivity index (χ2n) is 5.24. The third-order valence-corrected chi connectivity index (χ3v) is 6.12. The molecule has 0 aliphatic heterocycles. The quantitative estimate of drug-likeness (QED) is 0.775. The van der Waals surface area contributed by atoms with Crippen LogP contribution in [0.1, 0.15) is 5.56 Å². The molecule has 2 rings (SSSR count). The molecule has 25 heavy (non-hydrogen) atoms. The van der Waals surface area contributed by atoms with Crippen molar-refractivity contribution in [1.82, 2.24) is 9.62 Å². The lowest BCUT2D eigenvalue weighted by molar-refractivity contribution is -0.121. The molecular weight excluding hydrogens is 407 g/mol. The zero-order valence-corrected chi connectivity index (χ0v) is 16.3. The van der Waals surface area contributed by atoms with Gasteiger partial charge in [0.15, 0.2) is 0 Å². The number of nitrogens with one attached hydrogen (secondary N) is 1. The number of sulfonamides is 1. The first-order valence-corrected chi connectivity index (χ1v) is 9.70.